The van der Waals surface area contributed by atoms with E-state index >= 15 is 0 Å². The van der Waals surface area contributed by atoms with E-state index in [1.54, 1.807) is 18.7 Å². The Labute approximate surface area is 164 Å². The van der Waals surface area contributed by atoms with Crippen LogP contribution in [0.25, 0.3) is 0 Å². The lowest BCUT2D eigenvalue weighted by Crippen LogP contribution is -2.33. The molecule has 1 N–H and O–H groups in total. The molecule has 150 valence electrons. The van der Waals surface area contributed by atoms with E-state index in [0.29, 0.717) is 49.0 Å². The lowest BCUT2D eigenvalue weighted by Gasteiger charge is -2.20. The summed E-state index contributed by atoms with van der Waals surface area (Å²) in [6.07, 6.45) is -0.249. The molecular formula is C21H27N3O4. The summed E-state index contributed by atoms with van der Waals surface area (Å²) in [6.45, 7) is 8.49. The lowest BCUT2D eigenvalue weighted by molar-refractivity contribution is 0.0728. The highest BCUT2D eigenvalue weighted by Crippen LogP contribution is 2.35. The van der Waals surface area contributed by atoms with Crippen LogP contribution in [0.2, 0.25) is 0 Å². The van der Waals surface area contributed by atoms with E-state index in [1.807, 2.05) is 37.3 Å². The standard InChI is InChI=1S/C21H27N3O4/c1-14-18(21(2,3)26)22-19(28-14)23-9-16-11-24(12-17(16)10-23)20(25)27-13-15-7-5-4-6-8-15/h4-8,16-17,26H,9-13H2,1-3H3. The Kier molecular flexibility index (Phi) is 4.79. The molecule has 0 radical (unpaired) electrons. The molecule has 2 aromatic rings. The Morgan fingerprint density at radius 3 is 2.43 bits per heavy atom. The molecule has 0 spiro atoms. The number of aliphatic hydroxyl groups is 1. The monoisotopic (exact) mass is 385 g/mol. The lowest BCUT2D eigenvalue weighted by atomic mass is 10.0. The molecule has 0 aliphatic carbocycles. The third kappa shape index (κ3) is 3.71. The van der Waals surface area contributed by atoms with Crippen molar-refractivity contribution in [1.29, 1.82) is 0 Å². The van der Waals surface area contributed by atoms with Crippen molar-refractivity contribution in [3.8, 4) is 0 Å². The van der Waals surface area contributed by atoms with Gasteiger partial charge in [-0.1, -0.05) is 30.3 Å². The van der Waals surface area contributed by atoms with Gasteiger partial charge in [-0.05, 0) is 26.3 Å². The van der Waals surface area contributed by atoms with Gasteiger partial charge in [-0.15, -0.1) is 0 Å². The van der Waals surface area contributed by atoms with Crippen LogP contribution < -0.4 is 4.90 Å². The number of aryl methyl sites for hydroxylation is 1. The largest absolute Gasteiger partial charge is 0.445 e. The van der Waals surface area contributed by atoms with Crippen LogP contribution in [0.15, 0.2) is 34.7 Å². The number of oxazole rings is 1. The summed E-state index contributed by atoms with van der Waals surface area (Å²) < 4.78 is 11.3. The molecule has 3 heterocycles. The fraction of sp³-hybridized carbons (Fsp3) is 0.524. The van der Waals surface area contributed by atoms with Gasteiger partial charge in [0.15, 0.2) is 0 Å². The third-order valence-electron chi connectivity index (χ3n) is 5.58. The van der Waals surface area contributed by atoms with E-state index in [-0.39, 0.29) is 6.09 Å². The summed E-state index contributed by atoms with van der Waals surface area (Å²) in [5.74, 6) is 1.40. The van der Waals surface area contributed by atoms with Gasteiger partial charge in [-0.2, -0.15) is 4.98 Å². The molecular weight excluding hydrogens is 358 g/mol. The van der Waals surface area contributed by atoms with Crippen LogP contribution in [0.3, 0.4) is 0 Å². The van der Waals surface area contributed by atoms with Gasteiger partial charge in [0.05, 0.1) is 0 Å². The number of amides is 1. The van der Waals surface area contributed by atoms with E-state index in [2.05, 4.69) is 9.88 Å². The average Bonchev–Trinajstić information content (AvgIpc) is 3.32. The number of fused-ring (bicyclic) bond motifs is 1. The second-order valence-electron chi connectivity index (χ2n) is 8.33. The molecule has 7 nitrogen and oxygen atoms in total. The van der Waals surface area contributed by atoms with Crippen LogP contribution in [-0.4, -0.2) is 47.3 Å². The zero-order chi connectivity index (χ0) is 19.9. The van der Waals surface area contributed by atoms with Gasteiger partial charge in [-0.3, -0.25) is 0 Å². The number of anilines is 1. The predicted octanol–water partition coefficient (Wildman–Crippen LogP) is 2.92. The molecule has 7 heteroatoms. The second-order valence-corrected chi connectivity index (χ2v) is 8.33. The number of likely N-dealkylation sites (tertiary alicyclic amines) is 1. The fourth-order valence-electron chi connectivity index (χ4n) is 4.19. The zero-order valence-electron chi connectivity index (χ0n) is 16.6. The van der Waals surface area contributed by atoms with Crippen molar-refractivity contribution in [3.05, 3.63) is 47.3 Å². The molecule has 1 aromatic carbocycles. The minimum Gasteiger partial charge on any atom is -0.445 e. The van der Waals surface area contributed by atoms with Crippen LogP contribution in [0.5, 0.6) is 0 Å². The van der Waals surface area contributed by atoms with Gasteiger partial charge in [-0.25, -0.2) is 4.79 Å². The van der Waals surface area contributed by atoms with Gasteiger partial charge in [0.25, 0.3) is 6.01 Å². The number of aromatic nitrogens is 1. The average molecular weight is 385 g/mol. The molecule has 2 atom stereocenters. The Hall–Kier alpha value is -2.54. The normalized spacial score (nSPS) is 21.9. The molecule has 28 heavy (non-hydrogen) atoms. The number of ether oxygens (including phenoxy) is 1. The van der Waals surface area contributed by atoms with Crippen molar-refractivity contribution in [2.45, 2.75) is 33.0 Å². The summed E-state index contributed by atoms with van der Waals surface area (Å²) in [7, 11) is 0. The zero-order valence-corrected chi connectivity index (χ0v) is 16.6. The van der Waals surface area contributed by atoms with E-state index in [1.165, 1.54) is 0 Å². The van der Waals surface area contributed by atoms with Crippen LogP contribution in [0, 0.1) is 18.8 Å². The molecule has 2 unspecified atom stereocenters. The highest BCUT2D eigenvalue weighted by atomic mass is 16.6. The molecule has 2 aliphatic rings. The SMILES string of the molecule is Cc1oc(N2CC3CN(C(=O)OCc4ccccc4)CC3C2)nc1C(C)(C)O. The second kappa shape index (κ2) is 7.13. The van der Waals surface area contributed by atoms with Crippen molar-refractivity contribution in [2.75, 3.05) is 31.1 Å². The molecule has 1 aromatic heterocycles. The number of carbonyl (C=O) groups is 1. The first-order chi connectivity index (χ1) is 13.3. The molecule has 4 rings (SSSR count). The maximum absolute atomic E-state index is 12.4. The molecule has 2 aliphatic heterocycles. The molecule has 2 saturated heterocycles. The Bertz CT molecular complexity index is 829. The van der Waals surface area contributed by atoms with Gasteiger partial charge in [0.2, 0.25) is 0 Å². The van der Waals surface area contributed by atoms with Crippen LogP contribution in [-0.2, 0) is 16.9 Å². The highest BCUT2D eigenvalue weighted by molar-refractivity contribution is 5.68. The van der Waals surface area contributed by atoms with E-state index in [4.69, 9.17) is 9.15 Å². The van der Waals surface area contributed by atoms with Crippen molar-refractivity contribution < 1.29 is 19.1 Å². The molecule has 1 amide bonds. The number of benzene rings is 1. The summed E-state index contributed by atoms with van der Waals surface area (Å²) in [6, 6.07) is 10.3. The van der Waals surface area contributed by atoms with Crippen LogP contribution >= 0.6 is 0 Å². The number of rotatable bonds is 4. The van der Waals surface area contributed by atoms with E-state index in [9.17, 15) is 9.90 Å². The Morgan fingerprint density at radius 1 is 1.21 bits per heavy atom. The summed E-state index contributed by atoms with van der Waals surface area (Å²) >= 11 is 0. The summed E-state index contributed by atoms with van der Waals surface area (Å²) in [4.78, 5) is 20.8. The van der Waals surface area contributed by atoms with Crippen LogP contribution in [0.1, 0.15) is 30.9 Å². The minimum atomic E-state index is -1.03. The number of hydrogen-bond donors (Lipinski definition) is 1. The van der Waals surface area contributed by atoms with Gasteiger partial charge in [0.1, 0.15) is 23.7 Å². The number of carbonyl (C=O) groups excluding carboxylic acids is 1. The molecule has 0 bridgehead atoms. The molecule has 2 fully saturated rings. The van der Waals surface area contributed by atoms with Crippen molar-refractivity contribution in [3.63, 3.8) is 0 Å². The summed E-state index contributed by atoms with van der Waals surface area (Å²) in [5, 5.41) is 10.2. The van der Waals surface area contributed by atoms with Crippen molar-refractivity contribution >= 4 is 12.1 Å². The molecule has 0 saturated carbocycles. The minimum absolute atomic E-state index is 0.249. The van der Waals surface area contributed by atoms with Gasteiger partial charge in [0, 0.05) is 38.0 Å². The first-order valence-corrected chi connectivity index (χ1v) is 9.72. The Balaban J connectivity index is 1.33. The van der Waals surface area contributed by atoms with Crippen LogP contribution in [0.4, 0.5) is 10.8 Å². The quantitative estimate of drug-likeness (QED) is 0.872. The smallest absolute Gasteiger partial charge is 0.410 e. The Morgan fingerprint density at radius 2 is 1.86 bits per heavy atom. The highest BCUT2D eigenvalue weighted by Gasteiger charge is 2.43. The van der Waals surface area contributed by atoms with Crippen molar-refractivity contribution in [1.82, 2.24) is 9.88 Å². The van der Waals surface area contributed by atoms with Crippen molar-refractivity contribution in [2.24, 2.45) is 11.8 Å². The third-order valence-corrected chi connectivity index (χ3v) is 5.58. The maximum atomic E-state index is 12.4. The first-order valence-electron chi connectivity index (χ1n) is 9.72. The number of nitrogens with zero attached hydrogens (tertiary/aromatic N) is 3. The van der Waals surface area contributed by atoms with Gasteiger partial charge < -0.3 is 24.1 Å². The predicted molar refractivity (Wildman–Crippen MR) is 104 cm³/mol. The van der Waals surface area contributed by atoms with E-state index < -0.39 is 5.60 Å². The van der Waals surface area contributed by atoms with E-state index in [0.717, 1.165) is 18.7 Å². The maximum Gasteiger partial charge on any atom is 0.410 e. The van der Waals surface area contributed by atoms with Gasteiger partial charge >= 0.3 is 6.09 Å². The first kappa shape index (κ1) is 18.8. The number of hydrogen-bond acceptors (Lipinski definition) is 6. The topological polar surface area (TPSA) is 79.0 Å². The fourth-order valence-corrected chi connectivity index (χ4v) is 4.19. The summed E-state index contributed by atoms with van der Waals surface area (Å²) in [5.41, 5.74) is 0.537.